The van der Waals surface area contributed by atoms with Crippen LogP contribution in [-0.2, 0) is 35.1 Å². The number of esters is 1. The van der Waals surface area contributed by atoms with Crippen LogP contribution in [0.3, 0.4) is 0 Å². The van der Waals surface area contributed by atoms with Crippen LogP contribution in [0.15, 0.2) is 16.9 Å². The number of nitrogens with one attached hydrogen (secondary N) is 1. The zero-order chi connectivity index (χ0) is 24.5. The van der Waals surface area contributed by atoms with Crippen molar-refractivity contribution in [2.75, 3.05) is 11.9 Å². The second-order valence-corrected chi connectivity index (χ2v) is 8.82. The fourth-order valence-corrected chi connectivity index (χ4v) is 5.15. The van der Waals surface area contributed by atoms with Crippen molar-refractivity contribution in [2.45, 2.75) is 45.8 Å². The van der Waals surface area contributed by atoms with E-state index in [-0.39, 0.29) is 21.7 Å². The fourth-order valence-electron chi connectivity index (χ4n) is 3.74. The van der Waals surface area contributed by atoms with Gasteiger partial charge in [0.25, 0.3) is 11.5 Å². The second kappa shape index (κ2) is 9.38. The van der Waals surface area contributed by atoms with Gasteiger partial charge in [-0.2, -0.15) is 13.2 Å². The van der Waals surface area contributed by atoms with Crippen LogP contribution in [-0.4, -0.2) is 29.0 Å². The molecule has 0 fully saturated rings. The van der Waals surface area contributed by atoms with E-state index in [1.807, 2.05) is 0 Å². The summed E-state index contributed by atoms with van der Waals surface area (Å²) >= 11 is 1.16. The molecule has 2 aromatic heterocycles. The van der Waals surface area contributed by atoms with E-state index in [2.05, 4.69) is 12.2 Å². The first kappa shape index (κ1) is 24.5. The van der Waals surface area contributed by atoms with E-state index in [4.69, 9.17) is 10.5 Å². The molecule has 0 radical (unpaired) electrons. The quantitative estimate of drug-likeness (QED) is 0.610. The van der Waals surface area contributed by atoms with Gasteiger partial charge in [-0.25, -0.2) is 4.79 Å². The van der Waals surface area contributed by atoms with Crippen molar-refractivity contribution in [3.8, 4) is 0 Å². The van der Waals surface area contributed by atoms with Crippen molar-refractivity contribution < 1.29 is 32.3 Å². The van der Waals surface area contributed by atoms with Gasteiger partial charge < -0.3 is 15.8 Å². The standard InChI is InChI=1S/C21H22F3N3O5S/c1-3-32-20(31)16-11-5-4-10(2)8-13(11)33-18(16)26-15(28)9-27-14(21(22,23)24)7-6-12(17(25)29)19(27)30/h6-7,10H,3-5,8-9H2,1-2H3,(H2,25,29)(H,26,28). The topological polar surface area (TPSA) is 120 Å². The summed E-state index contributed by atoms with van der Waals surface area (Å²) in [4.78, 5) is 50.0. The van der Waals surface area contributed by atoms with Crippen LogP contribution in [0.4, 0.5) is 18.2 Å². The number of hydrogen-bond donors (Lipinski definition) is 2. The molecule has 0 saturated carbocycles. The summed E-state index contributed by atoms with van der Waals surface area (Å²) < 4.78 is 45.5. The molecule has 33 heavy (non-hydrogen) atoms. The zero-order valence-electron chi connectivity index (χ0n) is 17.9. The van der Waals surface area contributed by atoms with Crippen molar-refractivity contribution in [2.24, 2.45) is 11.7 Å². The van der Waals surface area contributed by atoms with E-state index >= 15 is 0 Å². The number of alkyl halides is 3. The Kier molecular flexibility index (Phi) is 6.96. The van der Waals surface area contributed by atoms with Gasteiger partial charge in [-0.15, -0.1) is 11.3 Å². The summed E-state index contributed by atoms with van der Waals surface area (Å²) in [6.45, 7) is 2.77. The molecule has 2 heterocycles. The van der Waals surface area contributed by atoms with Gasteiger partial charge in [0.05, 0.1) is 12.2 Å². The average molecular weight is 485 g/mol. The molecule has 178 valence electrons. The molecule has 1 aliphatic rings. The van der Waals surface area contributed by atoms with Crippen LogP contribution >= 0.6 is 11.3 Å². The monoisotopic (exact) mass is 485 g/mol. The molecular weight excluding hydrogens is 463 g/mol. The number of thiophene rings is 1. The van der Waals surface area contributed by atoms with Gasteiger partial charge in [0, 0.05) is 4.88 Å². The molecule has 0 saturated heterocycles. The highest BCUT2D eigenvalue weighted by atomic mass is 32.1. The molecule has 8 nitrogen and oxygen atoms in total. The second-order valence-electron chi connectivity index (χ2n) is 7.71. The molecule has 0 aromatic carbocycles. The Bertz CT molecular complexity index is 1170. The van der Waals surface area contributed by atoms with E-state index < -0.39 is 47.3 Å². The highest BCUT2D eigenvalue weighted by Crippen LogP contribution is 2.40. The van der Waals surface area contributed by atoms with Gasteiger partial charge in [-0.1, -0.05) is 6.92 Å². The number of carbonyl (C=O) groups is 3. The molecule has 0 aliphatic heterocycles. The summed E-state index contributed by atoms with van der Waals surface area (Å²) in [6, 6.07) is 1.19. The minimum absolute atomic E-state index is 0.109. The molecule has 3 rings (SSSR count). The first-order valence-electron chi connectivity index (χ1n) is 10.2. The van der Waals surface area contributed by atoms with E-state index in [1.165, 1.54) is 0 Å². The van der Waals surface area contributed by atoms with Crippen molar-refractivity contribution in [1.82, 2.24) is 4.57 Å². The Morgan fingerprint density at radius 1 is 1.30 bits per heavy atom. The largest absolute Gasteiger partial charge is 0.462 e. The zero-order valence-corrected chi connectivity index (χ0v) is 18.7. The first-order valence-corrected chi connectivity index (χ1v) is 11.0. The molecule has 3 N–H and O–H groups in total. The lowest BCUT2D eigenvalue weighted by molar-refractivity contribution is -0.144. The SMILES string of the molecule is CCOC(=O)c1c(NC(=O)Cn2c(C(F)(F)F)ccc(C(N)=O)c2=O)sc2c1CCC(C)C2. The summed E-state index contributed by atoms with van der Waals surface area (Å²) in [5.74, 6) is -2.45. The van der Waals surface area contributed by atoms with Gasteiger partial charge in [-0.3, -0.25) is 19.0 Å². The lowest BCUT2D eigenvalue weighted by Crippen LogP contribution is -2.36. The maximum atomic E-state index is 13.4. The Labute approximate surface area is 190 Å². The third kappa shape index (κ3) is 5.10. The van der Waals surface area contributed by atoms with Crippen LogP contribution in [0.5, 0.6) is 0 Å². The number of rotatable bonds is 6. The lowest BCUT2D eigenvalue weighted by Gasteiger charge is -2.18. The molecule has 0 bridgehead atoms. The number of anilines is 1. The number of nitrogens with two attached hydrogens (primary N) is 1. The highest BCUT2D eigenvalue weighted by molar-refractivity contribution is 7.17. The summed E-state index contributed by atoms with van der Waals surface area (Å²) in [7, 11) is 0. The van der Waals surface area contributed by atoms with Crippen molar-refractivity contribution in [1.29, 1.82) is 0 Å². The van der Waals surface area contributed by atoms with Crippen LogP contribution in [0.25, 0.3) is 0 Å². The van der Waals surface area contributed by atoms with Crippen molar-refractivity contribution >= 4 is 34.1 Å². The van der Waals surface area contributed by atoms with Gasteiger partial charge in [0.2, 0.25) is 5.91 Å². The van der Waals surface area contributed by atoms with E-state index in [9.17, 15) is 32.3 Å². The Morgan fingerprint density at radius 3 is 2.61 bits per heavy atom. The van der Waals surface area contributed by atoms with E-state index in [0.29, 0.717) is 30.9 Å². The third-order valence-electron chi connectivity index (χ3n) is 5.28. The number of primary amides is 1. The molecule has 1 aliphatic carbocycles. The van der Waals surface area contributed by atoms with Crippen LogP contribution < -0.4 is 16.6 Å². The van der Waals surface area contributed by atoms with Gasteiger partial charge >= 0.3 is 12.1 Å². The van der Waals surface area contributed by atoms with Crippen molar-refractivity contribution in [3.63, 3.8) is 0 Å². The third-order valence-corrected chi connectivity index (χ3v) is 6.45. The van der Waals surface area contributed by atoms with Crippen molar-refractivity contribution in [3.05, 3.63) is 49.7 Å². The van der Waals surface area contributed by atoms with Gasteiger partial charge in [0.1, 0.15) is 22.8 Å². The smallest absolute Gasteiger partial charge is 0.431 e. The summed E-state index contributed by atoms with van der Waals surface area (Å²) in [6.07, 6.45) is -2.81. The predicted octanol–water partition coefficient (Wildman–Crippen LogP) is 2.97. The molecule has 1 unspecified atom stereocenters. The fraction of sp³-hybridized carbons (Fsp3) is 0.429. The molecule has 2 amide bonds. The first-order chi connectivity index (χ1) is 15.4. The molecule has 0 spiro atoms. The number of ether oxygens (including phenoxy) is 1. The number of nitrogens with zero attached hydrogens (tertiary/aromatic N) is 1. The van der Waals surface area contributed by atoms with Gasteiger partial charge in [-0.05, 0) is 49.8 Å². The minimum Gasteiger partial charge on any atom is -0.462 e. The maximum absolute atomic E-state index is 13.4. The van der Waals surface area contributed by atoms with E-state index in [0.717, 1.165) is 28.2 Å². The molecule has 12 heteroatoms. The van der Waals surface area contributed by atoms with Crippen LogP contribution in [0, 0.1) is 5.92 Å². The summed E-state index contributed by atoms with van der Waals surface area (Å²) in [5, 5.41) is 2.62. The van der Waals surface area contributed by atoms with E-state index in [1.54, 1.807) is 6.92 Å². The highest BCUT2D eigenvalue weighted by Gasteiger charge is 2.36. The number of aromatic nitrogens is 1. The maximum Gasteiger partial charge on any atom is 0.431 e. The predicted molar refractivity (Wildman–Crippen MR) is 114 cm³/mol. The van der Waals surface area contributed by atoms with Gasteiger partial charge in [0.15, 0.2) is 0 Å². The Balaban J connectivity index is 1.98. The number of carbonyl (C=O) groups excluding carboxylic acids is 3. The number of pyridine rings is 1. The molecule has 1 atom stereocenters. The van der Waals surface area contributed by atoms with Crippen LogP contribution in [0.2, 0.25) is 0 Å². The normalized spacial score (nSPS) is 15.6. The number of hydrogen-bond acceptors (Lipinski definition) is 6. The number of fused-ring (bicyclic) bond motifs is 1. The molecular formula is C21H22F3N3O5S. The number of amides is 2. The molecule has 2 aromatic rings. The Morgan fingerprint density at radius 2 is 2.00 bits per heavy atom. The lowest BCUT2D eigenvalue weighted by atomic mass is 9.88. The minimum atomic E-state index is -4.95. The van der Waals surface area contributed by atoms with Crippen LogP contribution in [0.1, 0.15) is 57.1 Å². The summed E-state index contributed by atoms with van der Waals surface area (Å²) in [5.41, 5.74) is 2.59. The number of halogens is 3. The average Bonchev–Trinajstić information content (AvgIpc) is 3.05. The Hall–Kier alpha value is -3.15.